The molecule has 1 aliphatic rings. The lowest BCUT2D eigenvalue weighted by molar-refractivity contribution is -0.274. The molecule has 0 aromatic heterocycles. The van der Waals surface area contributed by atoms with Gasteiger partial charge in [0, 0.05) is 6.04 Å². The van der Waals surface area contributed by atoms with Crippen molar-refractivity contribution in [2.24, 2.45) is 5.41 Å². The van der Waals surface area contributed by atoms with Crippen molar-refractivity contribution in [3.05, 3.63) is 24.3 Å². The number of rotatable bonds is 3. The van der Waals surface area contributed by atoms with Gasteiger partial charge in [0.2, 0.25) is 0 Å². The maximum atomic E-state index is 12.3. The second kappa shape index (κ2) is 4.94. The van der Waals surface area contributed by atoms with E-state index in [0.29, 0.717) is 5.69 Å². The first-order valence-corrected chi connectivity index (χ1v) is 6.39. The Morgan fingerprint density at radius 1 is 1.26 bits per heavy atom. The molecule has 0 amide bonds. The Balaban J connectivity index is 2.16. The van der Waals surface area contributed by atoms with Crippen LogP contribution in [0.1, 0.15) is 33.1 Å². The average molecular weight is 273 g/mol. The first-order chi connectivity index (χ1) is 8.78. The van der Waals surface area contributed by atoms with E-state index in [-0.39, 0.29) is 17.2 Å². The monoisotopic (exact) mass is 273 g/mol. The van der Waals surface area contributed by atoms with E-state index in [1.807, 2.05) is 0 Å². The third-order valence-corrected chi connectivity index (χ3v) is 3.70. The summed E-state index contributed by atoms with van der Waals surface area (Å²) in [6.45, 7) is 4.26. The van der Waals surface area contributed by atoms with Gasteiger partial charge >= 0.3 is 6.36 Å². The fraction of sp³-hybridized carbons (Fsp3) is 0.571. The minimum absolute atomic E-state index is 0.0886. The highest BCUT2D eigenvalue weighted by Gasteiger charge is 2.36. The molecule has 2 rings (SSSR count). The molecular formula is C14H18F3NO. The third-order valence-electron chi connectivity index (χ3n) is 3.70. The molecule has 1 N–H and O–H groups in total. The van der Waals surface area contributed by atoms with Gasteiger partial charge in [-0.15, -0.1) is 13.2 Å². The number of halogens is 3. The zero-order valence-corrected chi connectivity index (χ0v) is 11.1. The summed E-state index contributed by atoms with van der Waals surface area (Å²) in [5, 5.41) is 3.20. The number of ether oxygens (including phenoxy) is 1. The minimum Gasteiger partial charge on any atom is -0.404 e. The fourth-order valence-electron chi connectivity index (χ4n) is 2.58. The highest BCUT2D eigenvalue weighted by atomic mass is 19.4. The summed E-state index contributed by atoms with van der Waals surface area (Å²) in [5.41, 5.74) is 0.491. The van der Waals surface area contributed by atoms with E-state index in [4.69, 9.17) is 0 Å². The summed E-state index contributed by atoms with van der Waals surface area (Å²) >= 11 is 0. The predicted molar refractivity (Wildman–Crippen MR) is 68.2 cm³/mol. The second-order valence-corrected chi connectivity index (χ2v) is 5.62. The Kier molecular flexibility index (Phi) is 3.65. The maximum Gasteiger partial charge on any atom is 0.573 e. The van der Waals surface area contributed by atoms with Crippen LogP contribution in [0.25, 0.3) is 0 Å². The molecule has 2 nitrogen and oxygen atoms in total. The second-order valence-electron chi connectivity index (χ2n) is 5.62. The van der Waals surface area contributed by atoms with Crippen molar-refractivity contribution in [2.75, 3.05) is 5.32 Å². The number of para-hydroxylation sites is 2. The van der Waals surface area contributed by atoms with Crippen LogP contribution in [0.2, 0.25) is 0 Å². The molecule has 19 heavy (non-hydrogen) atoms. The van der Waals surface area contributed by atoms with E-state index < -0.39 is 6.36 Å². The summed E-state index contributed by atoms with van der Waals surface area (Å²) in [4.78, 5) is 0. The normalized spacial score (nSPS) is 22.3. The van der Waals surface area contributed by atoms with Gasteiger partial charge in [0.05, 0.1) is 5.69 Å². The van der Waals surface area contributed by atoms with Crippen LogP contribution in [0.3, 0.4) is 0 Å². The van der Waals surface area contributed by atoms with Crippen LogP contribution < -0.4 is 10.1 Å². The van der Waals surface area contributed by atoms with Gasteiger partial charge in [0.1, 0.15) is 0 Å². The molecule has 1 aliphatic carbocycles. The van der Waals surface area contributed by atoms with Gasteiger partial charge in [0.25, 0.3) is 0 Å². The summed E-state index contributed by atoms with van der Waals surface area (Å²) in [6.07, 6.45) is -1.53. The molecule has 0 heterocycles. The van der Waals surface area contributed by atoms with Crippen molar-refractivity contribution in [2.45, 2.75) is 45.5 Å². The Labute approximate surface area is 111 Å². The molecule has 0 spiro atoms. The van der Waals surface area contributed by atoms with Crippen molar-refractivity contribution < 1.29 is 17.9 Å². The van der Waals surface area contributed by atoms with E-state index >= 15 is 0 Å². The quantitative estimate of drug-likeness (QED) is 0.870. The SMILES string of the molecule is CC1(C)CCCC1Nc1ccccc1OC(F)(F)F. The Hall–Kier alpha value is -1.39. The average Bonchev–Trinajstić information content (AvgIpc) is 2.59. The van der Waals surface area contributed by atoms with E-state index in [1.54, 1.807) is 12.1 Å². The number of hydrogen-bond acceptors (Lipinski definition) is 2. The minimum atomic E-state index is -4.66. The van der Waals surface area contributed by atoms with Crippen molar-refractivity contribution in [3.63, 3.8) is 0 Å². The van der Waals surface area contributed by atoms with Crippen molar-refractivity contribution in [3.8, 4) is 5.75 Å². The lowest BCUT2D eigenvalue weighted by Gasteiger charge is -2.29. The molecule has 1 atom stereocenters. The smallest absolute Gasteiger partial charge is 0.404 e. The van der Waals surface area contributed by atoms with Crippen LogP contribution in [0, 0.1) is 5.41 Å². The Morgan fingerprint density at radius 3 is 2.53 bits per heavy atom. The summed E-state index contributed by atoms with van der Waals surface area (Å²) in [5.74, 6) is -0.169. The lowest BCUT2D eigenvalue weighted by atomic mass is 9.87. The van der Waals surface area contributed by atoms with Crippen LogP contribution in [-0.2, 0) is 0 Å². The first kappa shape index (κ1) is 14.0. The van der Waals surface area contributed by atoms with Crippen LogP contribution in [0.5, 0.6) is 5.75 Å². The van der Waals surface area contributed by atoms with Crippen LogP contribution in [0.15, 0.2) is 24.3 Å². The Bertz CT molecular complexity index is 443. The van der Waals surface area contributed by atoms with Crippen LogP contribution >= 0.6 is 0 Å². The fourth-order valence-corrected chi connectivity index (χ4v) is 2.58. The van der Waals surface area contributed by atoms with Crippen molar-refractivity contribution >= 4 is 5.69 Å². The first-order valence-electron chi connectivity index (χ1n) is 6.39. The van der Waals surface area contributed by atoms with E-state index in [9.17, 15) is 13.2 Å². The van der Waals surface area contributed by atoms with Gasteiger partial charge in [-0.2, -0.15) is 0 Å². The van der Waals surface area contributed by atoms with Gasteiger partial charge in [0.15, 0.2) is 5.75 Å². The van der Waals surface area contributed by atoms with Gasteiger partial charge in [-0.05, 0) is 30.4 Å². The van der Waals surface area contributed by atoms with E-state index in [1.165, 1.54) is 12.1 Å². The third kappa shape index (κ3) is 3.55. The standard InChI is InChI=1S/C14H18F3NO/c1-13(2)9-5-8-12(13)18-10-6-3-4-7-11(10)19-14(15,16)17/h3-4,6-7,12,18H,5,8-9H2,1-2H3. The molecule has 0 radical (unpaired) electrons. The molecule has 1 aromatic rings. The number of benzene rings is 1. The number of hydrogen-bond donors (Lipinski definition) is 1. The summed E-state index contributed by atoms with van der Waals surface area (Å²) in [6, 6.07) is 6.36. The molecule has 5 heteroatoms. The number of alkyl halides is 3. The maximum absolute atomic E-state index is 12.3. The van der Waals surface area contributed by atoms with Gasteiger partial charge < -0.3 is 10.1 Å². The predicted octanol–water partition coefficient (Wildman–Crippen LogP) is 4.58. The largest absolute Gasteiger partial charge is 0.573 e. The van der Waals surface area contributed by atoms with Gasteiger partial charge in [-0.25, -0.2) is 0 Å². The zero-order valence-electron chi connectivity index (χ0n) is 11.1. The van der Waals surface area contributed by atoms with Gasteiger partial charge in [-0.1, -0.05) is 32.4 Å². The molecular weight excluding hydrogens is 255 g/mol. The van der Waals surface area contributed by atoms with Crippen molar-refractivity contribution in [1.29, 1.82) is 0 Å². The highest BCUT2D eigenvalue weighted by molar-refractivity contribution is 5.57. The van der Waals surface area contributed by atoms with Crippen molar-refractivity contribution in [1.82, 2.24) is 0 Å². The topological polar surface area (TPSA) is 21.3 Å². The zero-order chi connectivity index (χ0) is 14.1. The van der Waals surface area contributed by atoms with Gasteiger partial charge in [-0.3, -0.25) is 0 Å². The number of anilines is 1. The lowest BCUT2D eigenvalue weighted by Crippen LogP contribution is -2.31. The molecule has 1 unspecified atom stereocenters. The molecule has 1 aromatic carbocycles. The van der Waals surface area contributed by atoms with Crippen LogP contribution in [-0.4, -0.2) is 12.4 Å². The molecule has 106 valence electrons. The highest BCUT2D eigenvalue weighted by Crippen LogP contribution is 2.40. The summed E-state index contributed by atoms with van der Waals surface area (Å²) in [7, 11) is 0. The van der Waals surface area contributed by atoms with Crippen LogP contribution in [0.4, 0.5) is 18.9 Å². The van der Waals surface area contributed by atoms with E-state index in [0.717, 1.165) is 19.3 Å². The summed E-state index contributed by atoms with van der Waals surface area (Å²) < 4.78 is 41.1. The number of nitrogens with one attached hydrogen (secondary N) is 1. The Morgan fingerprint density at radius 2 is 1.95 bits per heavy atom. The molecule has 1 saturated carbocycles. The van der Waals surface area contributed by atoms with E-state index in [2.05, 4.69) is 23.9 Å². The molecule has 0 saturated heterocycles. The molecule has 0 aliphatic heterocycles. The molecule has 1 fully saturated rings. The molecule has 0 bridgehead atoms.